The Hall–Kier alpha value is -4.27. The third-order valence-electron chi connectivity index (χ3n) is 5.61. The molecule has 0 amide bonds. The lowest BCUT2D eigenvalue weighted by atomic mass is 9.79. The van der Waals surface area contributed by atoms with E-state index in [0.717, 1.165) is 21.0 Å². The first kappa shape index (κ1) is 23.9. The van der Waals surface area contributed by atoms with Crippen LogP contribution in [0.1, 0.15) is 81.0 Å². The molecule has 0 N–H and O–H groups in total. The first-order valence-corrected chi connectivity index (χ1v) is 10.7. The molecule has 9 nitrogen and oxygen atoms in total. The van der Waals surface area contributed by atoms with E-state index >= 15 is 0 Å². The molecule has 0 aromatic heterocycles. The van der Waals surface area contributed by atoms with Crippen molar-refractivity contribution in [2.24, 2.45) is 0 Å². The first-order chi connectivity index (χ1) is 16.4. The topological polar surface area (TPSA) is 122 Å². The van der Waals surface area contributed by atoms with Crippen molar-refractivity contribution in [1.82, 2.24) is 0 Å². The van der Waals surface area contributed by atoms with Crippen molar-refractivity contribution in [3.8, 4) is 17.2 Å². The van der Waals surface area contributed by atoms with Crippen LogP contribution in [0.2, 0.25) is 0 Å². The van der Waals surface area contributed by atoms with E-state index in [1.807, 2.05) is 13.8 Å². The van der Waals surface area contributed by atoms with E-state index in [-0.39, 0.29) is 50.6 Å². The summed E-state index contributed by atoms with van der Waals surface area (Å²) in [7, 11) is 1.14. The van der Waals surface area contributed by atoms with E-state index in [9.17, 15) is 24.0 Å². The highest BCUT2D eigenvalue weighted by Gasteiger charge is 2.41. The third kappa shape index (κ3) is 3.88. The molecule has 0 saturated heterocycles. The normalized spacial score (nSPS) is 14.8. The lowest BCUT2D eigenvalue weighted by molar-refractivity contribution is -0.132. The van der Waals surface area contributed by atoms with Gasteiger partial charge in [0, 0.05) is 25.0 Å². The molecule has 1 heterocycles. The summed E-state index contributed by atoms with van der Waals surface area (Å²) in [4.78, 5) is 63.9. The zero-order valence-electron chi connectivity index (χ0n) is 20.0. The molecule has 0 radical (unpaired) electrons. The summed E-state index contributed by atoms with van der Waals surface area (Å²) in [5, 5.41) is 0. The quantitative estimate of drug-likeness (QED) is 0.410. The second-order valence-electron chi connectivity index (χ2n) is 8.74. The van der Waals surface area contributed by atoms with Crippen molar-refractivity contribution in [1.29, 1.82) is 0 Å². The maximum Gasteiger partial charge on any atom is 0.341 e. The van der Waals surface area contributed by atoms with E-state index in [1.54, 1.807) is 12.2 Å². The number of aryl methyl sites for hydroxylation is 1. The molecule has 4 rings (SSSR count). The van der Waals surface area contributed by atoms with E-state index in [2.05, 4.69) is 0 Å². The van der Waals surface area contributed by atoms with Gasteiger partial charge < -0.3 is 18.9 Å². The molecule has 2 aromatic carbocycles. The summed E-state index contributed by atoms with van der Waals surface area (Å²) in [5.74, 6) is -4.00. The molecule has 1 aliphatic heterocycles. The molecule has 0 bridgehead atoms. The molecule has 0 saturated carbocycles. The molecular weight excluding hydrogens is 456 g/mol. The minimum atomic E-state index is -0.850. The van der Waals surface area contributed by atoms with Gasteiger partial charge in [-0.25, -0.2) is 4.79 Å². The Bertz CT molecular complexity index is 1390. The van der Waals surface area contributed by atoms with Gasteiger partial charge in [0.1, 0.15) is 16.9 Å². The van der Waals surface area contributed by atoms with Crippen LogP contribution in [-0.4, -0.2) is 42.2 Å². The van der Waals surface area contributed by atoms with E-state index in [4.69, 9.17) is 18.9 Å². The van der Waals surface area contributed by atoms with Crippen LogP contribution in [0.3, 0.4) is 0 Å². The van der Waals surface area contributed by atoms with E-state index in [0.29, 0.717) is 5.56 Å². The SMILES string of the molecule is COC(=O)c1c(C)cc2c(c1OC(C)=O)C(=O)c1c(cc3c(c1OC(C)=O)C=CC(C)(C)O3)C2=O. The number of benzene rings is 2. The number of rotatable bonds is 3. The second-order valence-corrected chi connectivity index (χ2v) is 8.74. The summed E-state index contributed by atoms with van der Waals surface area (Å²) < 4.78 is 21.5. The highest BCUT2D eigenvalue weighted by molar-refractivity contribution is 6.31. The third-order valence-corrected chi connectivity index (χ3v) is 5.61. The van der Waals surface area contributed by atoms with Crippen molar-refractivity contribution >= 4 is 35.6 Å². The van der Waals surface area contributed by atoms with Crippen LogP contribution < -0.4 is 14.2 Å². The van der Waals surface area contributed by atoms with Crippen molar-refractivity contribution in [3.63, 3.8) is 0 Å². The van der Waals surface area contributed by atoms with Gasteiger partial charge in [-0.15, -0.1) is 0 Å². The number of fused-ring (bicyclic) bond motifs is 3. The Morgan fingerprint density at radius 2 is 1.46 bits per heavy atom. The Labute approximate surface area is 200 Å². The number of carbonyl (C=O) groups excluding carboxylic acids is 5. The molecule has 0 unspecified atom stereocenters. The monoisotopic (exact) mass is 478 g/mol. The minimum Gasteiger partial charge on any atom is -0.483 e. The van der Waals surface area contributed by atoms with Crippen LogP contribution in [-0.2, 0) is 14.3 Å². The molecule has 0 spiro atoms. The summed E-state index contributed by atoms with van der Waals surface area (Å²) >= 11 is 0. The van der Waals surface area contributed by atoms with Gasteiger partial charge in [0.05, 0.1) is 23.8 Å². The standard InChI is InChI=1S/C26H22O9/c1-11-9-15-20(24(34-13(3)28)18(11)25(31)32-6)22(30)19-16(21(15)29)10-17-14(23(19)33-12(2)27)7-8-26(4,5)35-17/h7-10H,1-6H3. The number of hydrogen-bond acceptors (Lipinski definition) is 9. The number of ketones is 2. The zero-order valence-corrected chi connectivity index (χ0v) is 20.0. The molecule has 0 atom stereocenters. The van der Waals surface area contributed by atoms with Crippen molar-refractivity contribution in [3.05, 3.63) is 57.2 Å². The zero-order chi connectivity index (χ0) is 25.8. The van der Waals surface area contributed by atoms with Crippen LogP contribution in [0.4, 0.5) is 0 Å². The second kappa shape index (κ2) is 8.19. The summed E-state index contributed by atoms with van der Waals surface area (Å²) in [6, 6.07) is 2.80. The van der Waals surface area contributed by atoms with Crippen molar-refractivity contribution < 1.29 is 42.9 Å². The Morgan fingerprint density at radius 3 is 2.06 bits per heavy atom. The van der Waals surface area contributed by atoms with E-state index in [1.165, 1.54) is 19.1 Å². The largest absolute Gasteiger partial charge is 0.483 e. The van der Waals surface area contributed by atoms with Gasteiger partial charge >= 0.3 is 17.9 Å². The summed E-state index contributed by atoms with van der Waals surface area (Å²) in [5.41, 5.74) is -0.889. The van der Waals surface area contributed by atoms with Crippen LogP contribution >= 0.6 is 0 Å². The average molecular weight is 478 g/mol. The van der Waals surface area contributed by atoms with Gasteiger partial charge in [-0.05, 0) is 50.6 Å². The molecule has 1 aliphatic carbocycles. The fourth-order valence-corrected chi connectivity index (χ4v) is 4.21. The average Bonchev–Trinajstić information content (AvgIpc) is 2.74. The number of hydrogen-bond donors (Lipinski definition) is 0. The molecule has 180 valence electrons. The van der Waals surface area contributed by atoms with Crippen molar-refractivity contribution in [2.75, 3.05) is 7.11 Å². The van der Waals surface area contributed by atoms with Crippen LogP contribution in [0.15, 0.2) is 18.2 Å². The van der Waals surface area contributed by atoms with Gasteiger partial charge in [0.15, 0.2) is 17.3 Å². The number of carbonyl (C=O) groups is 5. The lowest BCUT2D eigenvalue weighted by Crippen LogP contribution is -2.30. The Morgan fingerprint density at radius 1 is 0.886 bits per heavy atom. The molecule has 35 heavy (non-hydrogen) atoms. The lowest BCUT2D eigenvalue weighted by Gasteiger charge is -2.31. The Balaban J connectivity index is 2.09. The molecule has 2 aromatic rings. The fraction of sp³-hybridized carbons (Fsp3) is 0.269. The molecule has 0 fully saturated rings. The van der Waals surface area contributed by atoms with Crippen LogP contribution in [0.25, 0.3) is 6.08 Å². The predicted octanol–water partition coefficient (Wildman–Crippen LogP) is 3.59. The maximum absolute atomic E-state index is 13.9. The van der Waals surface area contributed by atoms with Gasteiger partial charge in [-0.1, -0.05) is 0 Å². The number of esters is 3. The van der Waals surface area contributed by atoms with Gasteiger partial charge in [0.2, 0.25) is 5.78 Å². The summed E-state index contributed by atoms with van der Waals surface area (Å²) in [6.07, 6.45) is 3.37. The van der Waals surface area contributed by atoms with Gasteiger partial charge in [0.25, 0.3) is 0 Å². The highest BCUT2D eigenvalue weighted by Crippen LogP contribution is 2.46. The first-order valence-electron chi connectivity index (χ1n) is 10.7. The van der Waals surface area contributed by atoms with Crippen molar-refractivity contribution in [2.45, 2.75) is 40.2 Å². The molecule has 2 aliphatic rings. The molecular formula is C26H22O9. The molecule has 9 heteroatoms. The van der Waals surface area contributed by atoms with Crippen LogP contribution in [0.5, 0.6) is 17.2 Å². The van der Waals surface area contributed by atoms with E-state index < -0.39 is 35.1 Å². The van der Waals surface area contributed by atoms with Gasteiger partial charge in [-0.3, -0.25) is 19.2 Å². The fourth-order valence-electron chi connectivity index (χ4n) is 4.21. The highest BCUT2D eigenvalue weighted by atomic mass is 16.5. The van der Waals surface area contributed by atoms with Crippen LogP contribution in [0, 0.1) is 6.92 Å². The predicted molar refractivity (Wildman–Crippen MR) is 122 cm³/mol. The number of methoxy groups -OCH3 is 1. The van der Waals surface area contributed by atoms with Gasteiger partial charge in [-0.2, -0.15) is 0 Å². The number of ether oxygens (including phenoxy) is 4. The Kier molecular flexibility index (Phi) is 5.59. The smallest absolute Gasteiger partial charge is 0.341 e. The summed E-state index contributed by atoms with van der Waals surface area (Å²) in [6.45, 7) is 7.41. The minimum absolute atomic E-state index is 0.0393. The maximum atomic E-state index is 13.9.